The third-order valence-electron chi connectivity index (χ3n) is 3.27. The van der Waals surface area contributed by atoms with Gasteiger partial charge in [-0.15, -0.1) is 0 Å². The summed E-state index contributed by atoms with van der Waals surface area (Å²) in [5.74, 6) is 1.32. The van der Waals surface area contributed by atoms with Crippen LogP contribution in [0.25, 0.3) is 0 Å². The number of hydrogen-bond donors (Lipinski definition) is 2. The topological polar surface area (TPSA) is 49.8 Å². The van der Waals surface area contributed by atoms with E-state index in [0.29, 0.717) is 5.95 Å². The van der Waals surface area contributed by atoms with Crippen molar-refractivity contribution in [1.82, 2.24) is 9.97 Å². The van der Waals surface area contributed by atoms with Gasteiger partial charge in [-0.1, -0.05) is 24.3 Å². The third kappa shape index (κ3) is 4.07. The van der Waals surface area contributed by atoms with Crippen LogP contribution in [0.5, 0.6) is 0 Å². The first-order chi connectivity index (χ1) is 11.1. The highest BCUT2D eigenvalue weighted by atomic mass is 79.9. The zero-order chi connectivity index (χ0) is 16.2. The number of nitrogens with one attached hydrogen (secondary N) is 2. The summed E-state index contributed by atoms with van der Waals surface area (Å²) in [7, 11) is 0. The fraction of sp³-hybridized carbons (Fsp3) is 0.111. The Morgan fingerprint density at radius 3 is 2.48 bits per heavy atom. The van der Waals surface area contributed by atoms with Crippen LogP contribution in [0, 0.1) is 13.8 Å². The quantitative estimate of drug-likeness (QED) is 0.652. The van der Waals surface area contributed by atoms with Gasteiger partial charge in [0.05, 0.1) is 5.69 Å². The largest absolute Gasteiger partial charge is 0.339 e. The van der Waals surface area contributed by atoms with Gasteiger partial charge in [-0.3, -0.25) is 0 Å². The molecule has 0 aliphatic carbocycles. The minimum atomic E-state index is 0.574. The van der Waals surface area contributed by atoms with Crippen molar-refractivity contribution >= 4 is 39.1 Å². The lowest BCUT2D eigenvalue weighted by molar-refractivity contribution is 1.11. The number of rotatable bonds is 4. The van der Waals surface area contributed by atoms with Gasteiger partial charge in [0.15, 0.2) is 0 Å². The predicted molar refractivity (Wildman–Crippen MR) is 98.7 cm³/mol. The lowest BCUT2D eigenvalue weighted by Crippen LogP contribution is -2.02. The van der Waals surface area contributed by atoms with Crippen LogP contribution in [-0.4, -0.2) is 9.97 Å². The van der Waals surface area contributed by atoms with Gasteiger partial charge in [-0.05, 0) is 59.6 Å². The first-order valence-corrected chi connectivity index (χ1v) is 8.10. The molecule has 0 radical (unpaired) electrons. The van der Waals surface area contributed by atoms with E-state index in [-0.39, 0.29) is 0 Å². The molecule has 0 saturated carbocycles. The summed E-state index contributed by atoms with van der Waals surface area (Å²) < 4.78 is 0.990. The van der Waals surface area contributed by atoms with Gasteiger partial charge in [0.25, 0.3) is 0 Å². The van der Waals surface area contributed by atoms with E-state index in [2.05, 4.69) is 55.6 Å². The molecular formula is C18H17BrN4. The smallest absolute Gasteiger partial charge is 0.229 e. The fourth-order valence-electron chi connectivity index (χ4n) is 2.24. The van der Waals surface area contributed by atoms with Gasteiger partial charge >= 0.3 is 0 Å². The molecule has 1 aromatic heterocycles. The Bertz CT molecular complexity index is 833. The van der Waals surface area contributed by atoms with Crippen molar-refractivity contribution < 1.29 is 0 Å². The molecule has 5 heteroatoms. The Hall–Kier alpha value is -2.40. The summed E-state index contributed by atoms with van der Waals surface area (Å²) in [6.07, 6.45) is 0. The molecular weight excluding hydrogens is 352 g/mol. The van der Waals surface area contributed by atoms with Crippen LogP contribution in [0.1, 0.15) is 11.3 Å². The number of aryl methyl sites for hydroxylation is 2. The molecule has 0 spiro atoms. The highest BCUT2D eigenvalue weighted by Gasteiger charge is 2.05. The zero-order valence-electron chi connectivity index (χ0n) is 13.0. The van der Waals surface area contributed by atoms with Gasteiger partial charge in [-0.2, -0.15) is 4.98 Å². The van der Waals surface area contributed by atoms with Crippen LogP contribution >= 0.6 is 15.9 Å². The average Bonchev–Trinajstić information content (AvgIpc) is 2.49. The number of benzene rings is 2. The zero-order valence-corrected chi connectivity index (χ0v) is 14.6. The lowest BCUT2D eigenvalue weighted by atomic mass is 10.2. The van der Waals surface area contributed by atoms with E-state index in [1.807, 2.05) is 49.4 Å². The average molecular weight is 369 g/mol. The molecule has 0 amide bonds. The van der Waals surface area contributed by atoms with Crippen molar-refractivity contribution in [3.05, 3.63) is 70.3 Å². The van der Waals surface area contributed by atoms with Crippen LogP contribution in [-0.2, 0) is 0 Å². The number of aromatic nitrogens is 2. The van der Waals surface area contributed by atoms with Crippen LogP contribution in [0.15, 0.2) is 59.1 Å². The molecule has 0 fully saturated rings. The standard InChI is InChI=1S/C18H17BrN4/c1-12-6-5-7-14(10-12)21-18-20-13(2)11-17(23-18)22-16-9-4-3-8-15(16)19/h3-11H,1-2H3,(H2,20,21,22,23). The van der Waals surface area contributed by atoms with E-state index < -0.39 is 0 Å². The van der Waals surface area contributed by atoms with Crippen molar-refractivity contribution in [3.63, 3.8) is 0 Å². The van der Waals surface area contributed by atoms with E-state index in [9.17, 15) is 0 Å². The Morgan fingerprint density at radius 1 is 0.870 bits per heavy atom. The number of halogens is 1. The summed E-state index contributed by atoms with van der Waals surface area (Å²) in [5, 5.41) is 6.57. The molecule has 0 unspecified atom stereocenters. The SMILES string of the molecule is Cc1cccc(Nc2nc(C)cc(Nc3ccccc3Br)n2)c1. The molecule has 2 aromatic carbocycles. The minimum absolute atomic E-state index is 0.574. The summed E-state index contributed by atoms with van der Waals surface area (Å²) >= 11 is 3.53. The summed E-state index contributed by atoms with van der Waals surface area (Å²) in [5.41, 5.74) is 4.02. The molecule has 1 heterocycles. The molecule has 2 N–H and O–H groups in total. The second-order valence-electron chi connectivity index (χ2n) is 5.32. The van der Waals surface area contributed by atoms with Crippen molar-refractivity contribution in [2.24, 2.45) is 0 Å². The van der Waals surface area contributed by atoms with Crippen molar-refractivity contribution in [2.45, 2.75) is 13.8 Å². The fourth-order valence-corrected chi connectivity index (χ4v) is 2.62. The maximum atomic E-state index is 4.54. The van der Waals surface area contributed by atoms with E-state index in [1.165, 1.54) is 5.56 Å². The monoisotopic (exact) mass is 368 g/mol. The number of nitrogens with zero attached hydrogens (tertiary/aromatic N) is 2. The van der Waals surface area contributed by atoms with Gasteiger partial charge in [0.1, 0.15) is 5.82 Å². The molecule has 3 rings (SSSR count). The van der Waals surface area contributed by atoms with Crippen LogP contribution in [0.2, 0.25) is 0 Å². The molecule has 0 aliphatic rings. The molecule has 4 nitrogen and oxygen atoms in total. The second-order valence-corrected chi connectivity index (χ2v) is 6.17. The number of para-hydroxylation sites is 1. The Labute approximate surface area is 144 Å². The van der Waals surface area contributed by atoms with Crippen LogP contribution in [0.3, 0.4) is 0 Å². The normalized spacial score (nSPS) is 10.4. The van der Waals surface area contributed by atoms with Crippen molar-refractivity contribution in [2.75, 3.05) is 10.6 Å². The lowest BCUT2D eigenvalue weighted by Gasteiger charge is -2.11. The second kappa shape index (κ2) is 6.79. The summed E-state index contributed by atoms with van der Waals surface area (Å²) in [4.78, 5) is 8.99. The Balaban J connectivity index is 1.86. The van der Waals surface area contributed by atoms with Gasteiger partial charge in [-0.25, -0.2) is 4.98 Å². The van der Waals surface area contributed by atoms with Crippen LogP contribution < -0.4 is 10.6 Å². The third-order valence-corrected chi connectivity index (χ3v) is 3.96. The molecule has 0 atom stereocenters. The molecule has 0 aliphatic heterocycles. The van der Waals surface area contributed by atoms with Crippen molar-refractivity contribution in [1.29, 1.82) is 0 Å². The summed E-state index contributed by atoms with van der Waals surface area (Å²) in [6.45, 7) is 4.01. The Kier molecular flexibility index (Phi) is 4.57. The van der Waals surface area contributed by atoms with E-state index in [4.69, 9.17) is 0 Å². The highest BCUT2D eigenvalue weighted by molar-refractivity contribution is 9.10. The number of hydrogen-bond acceptors (Lipinski definition) is 4. The molecule has 0 bridgehead atoms. The highest BCUT2D eigenvalue weighted by Crippen LogP contribution is 2.25. The predicted octanol–water partition coefficient (Wildman–Crippen LogP) is 5.34. The molecule has 116 valence electrons. The van der Waals surface area contributed by atoms with Gasteiger partial charge < -0.3 is 10.6 Å². The van der Waals surface area contributed by atoms with E-state index in [1.54, 1.807) is 0 Å². The van der Waals surface area contributed by atoms with E-state index >= 15 is 0 Å². The first-order valence-electron chi connectivity index (χ1n) is 7.31. The maximum absolute atomic E-state index is 4.54. The van der Waals surface area contributed by atoms with Gasteiger partial charge in [0.2, 0.25) is 5.95 Å². The first kappa shape index (κ1) is 15.5. The number of anilines is 4. The maximum Gasteiger partial charge on any atom is 0.229 e. The molecule has 0 saturated heterocycles. The minimum Gasteiger partial charge on any atom is -0.339 e. The van der Waals surface area contributed by atoms with Crippen LogP contribution in [0.4, 0.5) is 23.1 Å². The molecule has 3 aromatic rings. The Morgan fingerprint density at radius 2 is 1.70 bits per heavy atom. The van der Waals surface area contributed by atoms with E-state index in [0.717, 1.165) is 27.4 Å². The van der Waals surface area contributed by atoms with Gasteiger partial charge in [0, 0.05) is 21.9 Å². The summed E-state index contributed by atoms with van der Waals surface area (Å²) in [6, 6.07) is 18.0. The van der Waals surface area contributed by atoms with Crippen molar-refractivity contribution in [3.8, 4) is 0 Å². The molecule has 23 heavy (non-hydrogen) atoms.